The van der Waals surface area contributed by atoms with Gasteiger partial charge in [-0.25, -0.2) is 0 Å². The van der Waals surface area contributed by atoms with Crippen molar-refractivity contribution < 1.29 is 0 Å². The highest BCUT2D eigenvalue weighted by atomic mass is 14.7. The summed E-state index contributed by atoms with van der Waals surface area (Å²) in [7, 11) is 0. The van der Waals surface area contributed by atoms with Crippen LogP contribution in [0.2, 0.25) is 0 Å². The summed E-state index contributed by atoms with van der Waals surface area (Å²) in [5.41, 5.74) is 14.1. The summed E-state index contributed by atoms with van der Waals surface area (Å²) in [5, 5.41) is 14.9. The molecule has 8 aromatic heterocycles. The number of nitrogens with zero attached hydrogens (tertiary/aromatic N) is 8. The summed E-state index contributed by atoms with van der Waals surface area (Å²) in [6, 6.07) is 78.3. The number of hydrogen-bond acceptors (Lipinski definition) is 8. The second-order valence-corrected chi connectivity index (χ2v) is 21.3. The third kappa shape index (κ3) is 31.1. The van der Waals surface area contributed by atoms with E-state index in [1.165, 1.54) is 98.0 Å². The minimum Gasteiger partial charge on any atom is -0.264 e. The third-order valence-electron chi connectivity index (χ3n) is 14.6. The predicted octanol–water partition coefficient (Wildman–Crippen LogP) is 28.6. The van der Waals surface area contributed by atoms with Crippen molar-refractivity contribution >= 4 is 86.7 Å². The second-order valence-electron chi connectivity index (χ2n) is 21.3. The van der Waals surface area contributed by atoms with Gasteiger partial charge < -0.3 is 0 Å². The first-order valence-electron chi connectivity index (χ1n) is 37.4. The molecule has 0 saturated heterocycles. The van der Waals surface area contributed by atoms with Crippen molar-refractivity contribution in [2.75, 3.05) is 0 Å². The zero-order valence-electron chi connectivity index (χ0n) is 67.3. The Balaban J connectivity index is 0.000000578. The monoisotopic (exact) mass is 1380 g/mol. The summed E-state index contributed by atoms with van der Waals surface area (Å²) >= 11 is 0. The lowest BCUT2D eigenvalue weighted by Crippen LogP contribution is -1.80. The molecular formula is C96H120N8. The first kappa shape index (κ1) is 91.1. The third-order valence-corrected chi connectivity index (χ3v) is 14.6. The Bertz CT molecular complexity index is 4210. The van der Waals surface area contributed by atoms with Crippen molar-refractivity contribution in [3.8, 4) is 0 Å². The van der Waals surface area contributed by atoms with Gasteiger partial charge in [0.05, 0.1) is 22.1 Å². The van der Waals surface area contributed by atoms with Crippen LogP contribution in [-0.2, 0) is 0 Å². The van der Waals surface area contributed by atoms with Crippen LogP contribution in [-0.4, -0.2) is 39.9 Å². The van der Waals surface area contributed by atoms with Crippen molar-refractivity contribution in [3.63, 3.8) is 0 Å². The van der Waals surface area contributed by atoms with Gasteiger partial charge in [0, 0.05) is 116 Å². The Morgan fingerprint density at radius 3 is 1.28 bits per heavy atom. The average Bonchev–Trinajstić information content (AvgIpc) is 0.825. The van der Waals surface area contributed by atoms with Crippen LogP contribution in [0, 0.1) is 55.4 Å². The van der Waals surface area contributed by atoms with Crippen LogP contribution in [0.5, 0.6) is 0 Å². The normalized spacial score (nSPS) is 9.15. The Morgan fingerprint density at radius 1 is 0.202 bits per heavy atom. The Morgan fingerprint density at radius 2 is 0.654 bits per heavy atom. The summed E-state index contributed by atoms with van der Waals surface area (Å²) in [5.74, 6) is 0. The van der Waals surface area contributed by atoms with Crippen LogP contribution < -0.4 is 0 Å². The van der Waals surface area contributed by atoms with E-state index in [1.54, 1.807) is 0 Å². The topological polar surface area (TPSA) is 103 Å². The fourth-order valence-electron chi connectivity index (χ4n) is 9.90. The first-order chi connectivity index (χ1) is 51.0. The molecule has 0 aliphatic rings. The number of hydrogen-bond donors (Lipinski definition) is 0. The van der Waals surface area contributed by atoms with Gasteiger partial charge in [0.15, 0.2) is 0 Å². The average molecular weight is 1390 g/mol. The van der Waals surface area contributed by atoms with Gasteiger partial charge in [0.25, 0.3) is 0 Å². The number of rotatable bonds is 0. The molecular weight excluding hydrogens is 1270 g/mol. The minimum atomic E-state index is 1.07. The first-order valence-corrected chi connectivity index (χ1v) is 37.4. The fourth-order valence-corrected chi connectivity index (χ4v) is 9.90. The van der Waals surface area contributed by atoms with Gasteiger partial charge in [0.2, 0.25) is 0 Å². The molecule has 16 aromatic rings. The summed E-state index contributed by atoms with van der Waals surface area (Å²) < 4.78 is 0. The number of para-hydroxylation sites is 1. The van der Waals surface area contributed by atoms with Crippen LogP contribution in [0.25, 0.3) is 86.7 Å². The summed E-state index contributed by atoms with van der Waals surface area (Å²) in [6.07, 6.45) is 18.5. The largest absolute Gasteiger partial charge is 0.264 e. The molecule has 0 aliphatic carbocycles. The number of aryl methyl sites for hydroxylation is 8. The highest BCUT2D eigenvalue weighted by molar-refractivity contribution is 5.87. The van der Waals surface area contributed by atoms with E-state index in [0.717, 1.165) is 33.5 Å². The standard InChI is InChI=1S/8C10H9N.8C2H6/c1-8-4-2-6-10-9(8)5-3-7-11-10;1-8-4-2-5-9-6-3-7-11-10(8)9;1-8-4-5-10-9(7-8)3-2-6-11-10;1-8-4-5-9-3-2-6-11-10(9)7-8;1-8-3-2-4-9-7-11-6-5-10(8)9;1-8-6-11-7-9-4-2-3-5-10(8)9;1-8-6-9-4-2-3-5-10(9)7-11-8;1-8-10-5-3-2-4-9(10)6-7-11-8;8*1-2/h8*2-7H,1H3;8*1-2H3. The van der Waals surface area contributed by atoms with Gasteiger partial charge in [-0.3, -0.25) is 39.9 Å². The predicted molar refractivity (Wildman–Crippen MR) is 463 cm³/mol. The van der Waals surface area contributed by atoms with E-state index in [0.29, 0.717) is 0 Å². The van der Waals surface area contributed by atoms with Gasteiger partial charge >= 0.3 is 0 Å². The van der Waals surface area contributed by atoms with Gasteiger partial charge in [-0.1, -0.05) is 280 Å². The van der Waals surface area contributed by atoms with Crippen LogP contribution in [0.4, 0.5) is 0 Å². The lowest BCUT2D eigenvalue weighted by molar-refractivity contribution is 1.22. The molecule has 0 saturated carbocycles. The maximum atomic E-state index is 4.28. The molecule has 0 fully saturated rings. The van der Waals surface area contributed by atoms with Crippen LogP contribution in [0.15, 0.2) is 292 Å². The zero-order valence-corrected chi connectivity index (χ0v) is 67.3. The van der Waals surface area contributed by atoms with Crippen molar-refractivity contribution in [1.29, 1.82) is 0 Å². The number of pyridine rings is 8. The molecule has 16 rings (SSSR count). The molecule has 0 atom stereocenters. The molecule has 544 valence electrons. The van der Waals surface area contributed by atoms with E-state index in [9.17, 15) is 0 Å². The lowest BCUT2D eigenvalue weighted by atomic mass is 10.1. The molecule has 8 aromatic carbocycles. The highest BCUT2D eigenvalue weighted by Crippen LogP contribution is 2.20. The molecule has 8 heteroatoms. The minimum absolute atomic E-state index is 1.07. The SMILES string of the molecule is CC.CC.CC.CC.CC.CC.CC.CC.Cc1cc2ccccc2cn1.Cc1ccc2cccnc2c1.Cc1ccc2ncccc2c1.Cc1cccc2cccnc12.Cc1cccc2cnccc12.Cc1cccc2ncccc12.Cc1cncc2ccccc12.Cc1nccc2ccccc12. The van der Waals surface area contributed by atoms with E-state index < -0.39 is 0 Å². The fraction of sp³-hybridized carbons (Fsp3) is 0.250. The maximum Gasteiger partial charge on any atom is 0.0731 e. The molecule has 0 N–H and O–H groups in total. The van der Waals surface area contributed by atoms with E-state index in [4.69, 9.17) is 0 Å². The second kappa shape index (κ2) is 55.7. The van der Waals surface area contributed by atoms with Crippen molar-refractivity contribution in [3.05, 3.63) is 337 Å². The molecule has 8 nitrogen and oxygen atoms in total. The number of aromatic nitrogens is 8. The summed E-state index contributed by atoms with van der Waals surface area (Å²) in [6.45, 7) is 48.6. The van der Waals surface area contributed by atoms with E-state index in [2.05, 4.69) is 227 Å². The van der Waals surface area contributed by atoms with Crippen molar-refractivity contribution in [2.24, 2.45) is 0 Å². The lowest BCUT2D eigenvalue weighted by Gasteiger charge is -1.98. The van der Waals surface area contributed by atoms with Gasteiger partial charge in [-0.2, -0.15) is 0 Å². The summed E-state index contributed by atoms with van der Waals surface area (Å²) in [4.78, 5) is 33.6. The molecule has 0 unspecified atom stereocenters. The van der Waals surface area contributed by atoms with Gasteiger partial charge in [0.1, 0.15) is 0 Å². The molecule has 0 aliphatic heterocycles. The molecule has 0 radical (unpaired) electrons. The quantitative estimate of drug-likeness (QED) is 0.148. The van der Waals surface area contributed by atoms with Gasteiger partial charge in [-0.15, -0.1) is 0 Å². The van der Waals surface area contributed by atoms with E-state index >= 15 is 0 Å². The van der Waals surface area contributed by atoms with Gasteiger partial charge in [-0.05, 0) is 171 Å². The maximum absolute atomic E-state index is 4.28. The number of benzene rings is 8. The Labute approximate surface area is 626 Å². The molecule has 104 heavy (non-hydrogen) atoms. The zero-order chi connectivity index (χ0) is 77.5. The Kier molecular flexibility index (Phi) is 48.8. The molecule has 0 amide bonds. The van der Waals surface area contributed by atoms with Crippen LogP contribution in [0.1, 0.15) is 156 Å². The van der Waals surface area contributed by atoms with Crippen LogP contribution in [0.3, 0.4) is 0 Å². The van der Waals surface area contributed by atoms with E-state index in [1.807, 2.05) is 272 Å². The van der Waals surface area contributed by atoms with Crippen molar-refractivity contribution in [2.45, 2.75) is 166 Å². The molecule has 8 heterocycles. The molecule has 0 spiro atoms. The van der Waals surface area contributed by atoms with Crippen LogP contribution >= 0.6 is 0 Å². The van der Waals surface area contributed by atoms with Crippen molar-refractivity contribution in [1.82, 2.24) is 39.9 Å². The highest BCUT2D eigenvalue weighted by Gasteiger charge is 1.99. The number of fused-ring (bicyclic) bond motifs is 8. The smallest absolute Gasteiger partial charge is 0.0731 e. The van der Waals surface area contributed by atoms with E-state index in [-0.39, 0.29) is 0 Å². The Hall–Kier alpha value is -11.0. The molecule has 0 bridgehead atoms.